The molecule has 0 radical (unpaired) electrons. The molecule has 0 bridgehead atoms. The first-order chi connectivity index (χ1) is 6.66. The largest absolute Gasteiger partial charge is 0.392 e. The number of carbonyl (C=O) groups is 1. The summed E-state index contributed by atoms with van der Waals surface area (Å²) in [7, 11) is 0. The van der Waals surface area contributed by atoms with Crippen molar-refractivity contribution in [2.45, 2.75) is 25.9 Å². The van der Waals surface area contributed by atoms with E-state index in [9.17, 15) is 4.79 Å². The van der Waals surface area contributed by atoms with Crippen LogP contribution in [0.5, 0.6) is 0 Å². The standard InChI is InChI=1S/C10H18N2O2/c1-3-4-5-10(14)12-7-6-11-8-9(2)13/h1,9,11,13H,4-8H2,2H3,(H,12,14). The first-order valence-corrected chi connectivity index (χ1v) is 4.75. The summed E-state index contributed by atoms with van der Waals surface area (Å²) in [5.41, 5.74) is 0. The number of aliphatic hydroxyl groups is 1. The van der Waals surface area contributed by atoms with Crippen LogP contribution in [0.25, 0.3) is 0 Å². The van der Waals surface area contributed by atoms with Gasteiger partial charge in [-0.3, -0.25) is 4.79 Å². The minimum absolute atomic E-state index is 0.0261. The lowest BCUT2D eigenvalue weighted by atomic mass is 10.3. The van der Waals surface area contributed by atoms with Crippen LogP contribution < -0.4 is 10.6 Å². The summed E-state index contributed by atoms with van der Waals surface area (Å²) in [4.78, 5) is 11.0. The number of aliphatic hydroxyl groups excluding tert-OH is 1. The molecule has 0 aromatic heterocycles. The van der Waals surface area contributed by atoms with Crippen LogP contribution in [-0.2, 0) is 4.79 Å². The molecule has 1 unspecified atom stereocenters. The Morgan fingerprint density at radius 3 is 2.86 bits per heavy atom. The molecule has 0 aliphatic heterocycles. The van der Waals surface area contributed by atoms with Crippen molar-refractivity contribution in [1.82, 2.24) is 10.6 Å². The first kappa shape index (κ1) is 12.9. The van der Waals surface area contributed by atoms with Crippen LogP contribution in [0.2, 0.25) is 0 Å². The molecule has 80 valence electrons. The second-order valence-electron chi connectivity index (χ2n) is 3.11. The van der Waals surface area contributed by atoms with Gasteiger partial charge in [0.1, 0.15) is 0 Å². The van der Waals surface area contributed by atoms with Crippen molar-refractivity contribution < 1.29 is 9.90 Å². The van der Waals surface area contributed by atoms with Gasteiger partial charge < -0.3 is 15.7 Å². The lowest BCUT2D eigenvalue weighted by Crippen LogP contribution is -2.34. The van der Waals surface area contributed by atoms with E-state index in [-0.39, 0.29) is 12.0 Å². The Bertz CT molecular complexity index is 197. The van der Waals surface area contributed by atoms with Crippen LogP contribution in [0.1, 0.15) is 19.8 Å². The predicted octanol–water partition coefficient (Wildman–Crippen LogP) is -0.514. The van der Waals surface area contributed by atoms with E-state index in [2.05, 4.69) is 16.6 Å². The third-order valence-electron chi connectivity index (χ3n) is 1.56. The fourth-order valence-corrected chi connectivity index (χ4v) is 0.875. The second kappa shape index (κ2) is 8.54. The monoisotopic (exact) mass is 198 g/mol. The quantitative estimate of drug-likeness (QED) is 0.381. The van der Waals surface area contributed by atoms with Gasteiger partial charge in [0.2, 0.25) is 5.91 Å². The molecular weight excluding hydrogens is 180 g/mol. The third kappa shape index (κ3) is 9.04. The Hall–Kier alpha value is -1.05. The molecule has 0 spiro atoms. The van der Waals surface area contributed by atoms with Gasteiger partial charge in [0, 0.05) is 32.5 Å². The predicted molar refractivity (Wildman–Crippen MR) is 55.6 cm³/mol. The Kier molecular flexibility index (Phi) is 7.90. The Balaban J connectivity index is 3.20. The summed E-state index contributed by atoms with van der Waals surface area (Å²) in [6.07, 6.45) is 5.52. The highest BCUT2D eigenvalue weighted by molar-refractivity contribution is 5.76. The van der Waals surface area contributed by atoms with E-state index in [1.165, 1.54) is 0 Å². The van der Waals surface area contributed by atoms with Crippen LogP contribution in [0.3, 0.4) is 0 Å². The van der Waals surface area contributed by atoms with Crippen molar-refractivity contribution in [3.05, 3.63) is 0 Å². The number of hydrogen-bond acceptors (Lipinski definition) is 3. The van der Waals surface area contributed by atoms with E-state index < -0.39 is 0 Å². The van der Waals surface area contributed by atoms with Crippen LogP contribution in [0.4, 0.5) is 0 Å². The number of carbonyl (C=O) groups excluding carboxylic acids is 1. The summed E-state index contributed by atoms with van der Waals surface area (Å²) < 4.78 is 0. The molecule has 14 heavy (non-hydrogen) atoms. The van der Waals surface area contributed by atoms with Crippen LogP contribution in [-0.4, -0.2) is 36.8 Å². The minimum atomic E-state index is -0.354. The lowest BCUT2D eigenvalue weighted by Gasteiger charge is -2.07. The summed E-state index contributed by atoms with van der Waals surface area (Å²) in [6.45, 7) is 3.47. The van der Waals surface area contributed by atoms with E-state index >= 15 is 0 Å². The zero-order valence-electron chi connectivity index (χ0n) is 8.55. The number of terminal acetylenes is 1. The molecule has 0 fully saturated rings. The van der Waals surface area contributed by atoms with E-state index in [0.29, 0.717) is 32.5 Å². The zero-order valence-corrected chi connectivity index (χ0v) is 8.55. The average molecular weight is 198 g/mol. The molecule has 0 aliphatic carbocycles. The minimum Gasteiger partial charge on any atom is -0.392 e. The van der Waals surface area contributed by atoms with Crippen molar-refractivity contribution >= 4 is 5.91 Å². The van der Waals surface area contributed by atoms with Crippen molar-refractivity contribution in [3.8, 4) is 12.3 Å². The topological polar surface area (TPSA) is 61.4 Å². The summed E-state index contributed by atoms with van der Waals surface area (Å²) >= 11 is 0. The Labute approximate surface area is 85.1 Å². The molecule has 0 heterocycles. The fourth-order valence-electron chi connectivity index (χ4n) is 0.875. The number of rotatable bonds is 7. The number of amides is 1. The number of nitrogens with one attached hydrogen (secondary N) is 2. The smallest absolute Gasteiger partial charge is 0.220 e. The maximum absolute atomic E-state index is 11.0. The maximum Gasteiger partial charge on any atom is 0.220 e. The molecule has 1 amide bonds. The highest BCUT2D eigenvalue weighted by atomic mass is 16.3. The molecule has 4 heteroatoms. The van der Waals surface area contributed by atoms with Gasteiger partial charge in [0.15, 0.2) is 0 Å². The highest BCUT2D eigenvalue weighted by Crippen LogP contribution is 1.84. The van der Waals surface area contributed by atoms with Crippen LogP contribution >= 0.6 is 0 Å². The van der Waals surface area contributed by atoms with Crippen molar-refractivity contribution in [1.29, 1.82) is 0 Å². The van der Waals surface area contributed by atoms with E-state index in [1.54, 1.807) is 6.92 Å². The van der Waals surface area contributed by atoms with E-state index in [0.717, 1.165) is 0 Å². The van der Waals surface area contributed by atoms with Crippen molar-refractivity contribution in [2.75, 3.05) is 19.6 Å². The Morgan fingerprint density at radius 1 is 1.57 bits per heavy atom. The molecule has 0 aromatic carbocycles. The second-order valence-corrected chi connectivity index (χ2v) is 3.11. The maximum atomic E-state index is 11.0. The van der Waals surface area contributed by atoms with Gasteiger partial charge in [0.25, 0.3) is 0 Å². The summed E-state index contributed by atoms with van der Waals surface area (Å²) in [6, 6.07) is 0. The summed E-state index contributed by atoms with van der Waals surface area (Å²) in [5, 5.41) is 14.6. The molecule has 4 nitrogen and oxygen atoms in total. The molecule has 0 rings (SSSR count). The van der Waals surface area contributed by atoms with Gasteiger partial charge in [0.05, 0.1) is 6.10 Å². The van der Waals surface area contributed by atoms with Gasteiger partial charge >= 0.3 is 0 Å². The van der Waals surface area contributed by atoms with Crippen LogP contribution in [0, 0.1) is 12.3 Å². The molecule has 0 aliphatic rings. The average Bonchev–Trinajstić information content (AvgIpc) is 2.13. The normalized spacial score (nSPS) is 11.8. The molecule has 3 N–H and O–H groups in total. The van der Waals surface area contributed by atoms with E-state index in [4.69, 9.17) is 11.5 Å². The number of hydrogen-bond donors (Lipinski definition) is 3. The van der Waals surface area contributed by atoms with Crippen molar-refractivity contribution in [3.63, 3.8) is 0 Å². The van der Waals surface area contributed by atoms with Gasteiger partial charge in [-0.15, -0.1) is 12.3 Å². The first-order valence-electron chi connectivity index (χ1n) is 4.75. The van der Waals surface area contributed by atoms with Gasteiger partial charge in [-0.1, -0.05) is 0 Å². The van der Waals surface area contributed by atoms with Gasteiger partial charge in [-0.05, 0) is 6.92 Å². The SMILES string of the molecule is C#CCCC(=O)NCCNCC(C)O. The van der Waals surface area contributed by atoms with E-state index in [1.807, 2.05) is 0 Å². The van der Waals surface area contributed by atoms with Crippen LogP contribution in [0.15, 0.2) is 0 Å². The lowest BCUT2D eigenvalue weighted by molar-refractivity contribution is -0.120. The van der Waals surface area contributed by atoms with Gasteiger partial charge in [-0.2, -0.15) is 0 Å². The molecule has 0 saturated carbocycles. The molecule has 0 aromatic rings. The summed E-state index contributed by atoms with van der Waals surface area (Å²) in [5.74, 6) is 2.38. The molecule has 0 saturated heterocycles. The third-order valence-corrected chi connectivity index (χ3v) is 1.56. The zero-order chi connectivity index (χ0) is 10.8. The Morgan fingerprint density at radius 2 is 2.29 bits per heavy atom. The fraction of sp³-hybridized carbons (Fsp3) is 0.700. The molecular formula is C10H18N2O2. The highest BCUT2D eigenvalue weighted by Gasteiger charge is 1.98. The van der Waals surface area contributed by atoms with Gasteiger partial charge in [-0.25, -0.2) is 0 Å². The van der Waals surface area contributed by atoms with Crippen molar-refractivity contribution in [2.24, 2.45) is 0 Å². The molecule has 1 atom stereocenters.